The highest BCUT2D eigenvalue weighted by molar-refractivity contribution is 5.96. The van der Waals surface area contributed by atoms with Crippen LogP contribution in [0.3, 0.4) is 0 Å². The van der Waals surface area contributed by atoms with Gasteiger partial charge in [0.25, 0.3) is 0 Å². The molecule has 2 aromatic heterocycles. The maximum Gasteiger partial charge on any atom is 0.137 e. The summed E-state index contributed by atoms with van der Waals surface area (Å²) < 4.78 is 0. The minimum Gasteiger partial charge on any atom is -0.377 e. The number of pyridine rings is 1. The van der Waals surface area contributed by atoms with Crippen molar-refractivity contribution in [2.45, 2.75) is 0 Å². The van der Waals surface area contributed by atoms with Gasteiger partial charge in [-0.25, -0.2) is 4.98 Å². The van der Waals surface area contributed by atoms with Gasteiger partial charge in [0.05, 0.1) is 0 Å². The highest BCUT2D eigenvalue weighted by atomic mass is 15.1. The van der Waals surface area contributed by atoms with Gasteiger partial charge >= 0.3 is 0 Å². The van der Waals surface area contributed by atoms with Gasteiger partial charge in [0.1, 0.15) is 5.65 Å². The van der Waals surface area contributed by atoms with Gasteiger partial charge in [0.15, 0.2) is 0 Å². The van der Waals surface area contributed by atoms with Crippen molar-refractivity contribution in [2.24, 2.45) is 0 Å². The first-order chi connectivity index (χ1) is 8.77. The van der Waals surface area contributed by atoms with Crippen molar-refractivity contribution in [1.29, 1.82) is 0 Å². The van der Waals surface area contributed by atoms with Crippen LogP contribution in [-0.4, -0.2) is 24.1 Å². The average Bonchev–Trinajstić information content (AvgIpc) is 2.86. The lowest BCUT2D eigenvalue weighted by molar-refractivity contribution is 1.13. The van der Waals surface area contributed by atoms with Gasteiger partial charge in [-0.3, -0.25) is 0 Å². The Kier molecular flexibility index (Phi) is 2.52. The van der Waals surface area contributed by atoms with Gasteiger partial charge < -0.3 is 9.88 Å². The molecule has 3 nitrogen and oxygen atoms in total. The van der Waals surface area contributed by atoms with E-state index >= 15 is 0 Å². The van der Waals surface area contributed by atoms with Gasteiger partial charge in [0.2, 0.25) is 0 Å². The minimum absolute atomic E-state index is 0.932. The van der Waals surface area contributed by atoms with E-state index in [4.69, 9.17) is 0 Å². The summed E-state index contributed by atoms with van der Waals surface area (Å²) in [5, 5.41) is 1.16. The molecule has 90 valence electrons. The number of rotatable bonds is 2. The number of fused-ring (bicyclic) bond motifs is 1. The van der Waals surface area contributed by atoms with Crippen molar-refractivity contribution < 1.29 is 0 Å². The molecule has 0 radical (unpaired) electrons. The zero-order valence-corrected chi connectivity index (χ0v) is 10.5. The number of para-hydroxylation sites is 1. The Morgan fingerprint density at radius 1 is 1.00 bits per heavy atom. The van der Waals surface area contributed by atoms with Crippen LogP contribution in [0.2, 0.25) is 0 Å². The third-order valence-electron chi connectivity index (χ3n) is 3.14. The lowest BCUT2D eigenvalue weighted by atomic mass is 10.0. The predicted molar refractivity (Wildman–Crippen MR) is 75.9 cm³/mol. The lowest BCUT2D eigenvalue weighted by Gasteiger charge is -2.17. The summed E-state index contributed by atoms with van der Waals surface area (Å²) in [4.78, 5) is 9.62. The van der Waals surface area contributed by atoms with E-state index in [-0.39, 0.29) is 0 Å². The van der Waals surface area contributed by atoms with Crippen LogP contribution in [-0.2, 0) is 0 Å². The van der Waals surface area contributed by atoms with Crippen molar-refractivity contribution in [3.05, 3.63) is 48.8 Å². The van der Waals surface area contributed by atoms with E-state index in [9.17, 15) is 0 Å². The van der Waals surface area contributed by atoms with Crippen molar-refractivity contribution in [2.75, 3.05) is 19.0 Å². The molecule has 0 amide bonds. The summed E-state index contributed by atoms with van der Waals surface area (Å²) in [6.07, 6.45) is 3.78. The molecular formula is C15H15N3. The topological polar surface area (TPSA) is 31.9 Å². The van der Waals surface area contributed by atoms with Crippen molar-refractivity contribution >= 4 is 16.7 Å². The summed E-state index contributed by atoms with van der Waals surface area (Å²) in [5.41, 5.74) is 4.59. The van der Waals surface area contributed by atoms with E-state index < -0.39 is 0 Å². The van der Waals surface area contributed by atoms with Crippen molar-refractivity contribution in [3.63, 3.8) is 0 Å². The fraction of sp³-hybridized carbons (Fsp3) is 0.133. The molecule has 0 aliphatic heterocycles. The van der Waals surface area contributed by atoms with Gasteiger partial charge in [-0.2, -0.15) is 0 Å². The van der Waals surface area contributed by atoms with Crippen LogP contribution in [0.4, 0.5) is 5.69 Å². The summed E-state index contributed by atoms with van der Waals surface area (Å²) in [7, 11) is 4.13. The molecule has 0 spiro atoms. The monoisotopic (exact) mass is 237 g/mol. The summed E-state index contributed by atoms with van der Waals surface area (Å²) in [5.74, 6) is 0. The molecule has 0 aliphatic carbocycles. The zero-order chi connectivity index (χ0) is 12.5. The first kappa shape index (κ1) is 10.8. The van der Waals surface area contributed by atoms with Crippen LogP contribution < -0.4 is 4.90 Å². The fourth-order valence-electron chi connectivity index (χ4n) is 2.29. The van der Waals surface area contributed by atoms with Crippen molar-refractivity contribution in [1.82, 2.24) is 9.97 Å². The molecule has 0 unspecified atom stereocenters. The number of hydrogen-bond acceptors (Lipinski definition) is 2. The standard InChI is InChI=1S/C15H15N3/c1-18(2)14-6-4-3-5-12(14)11-7-9-16-15-13(11)8-10-17-15/h3-10H,1-2H3,(H,16,17). The molecule has 1 N–H and O–H groups in total. The molecule has 3 rings (SSSR count). The number of anilines is 1. The number of aromatic nitrogens is 2. The van der Waals surface area contributed by atoms with E-state index in [1.807, 2.05) is 12.4 Å². The predicted octanol–water partition coefficient (Wildman–Crippen LogP) is 3.30. The van der Waals surface area contributed by atoms with Crippen LogP contribution in [0.5, 0.6) is 0 Å². The van der Waals surface area contributed by atoms with Crippen molar-refractivity contribution in [3.8, 4) is 11.1 Å². The van der Waals surface area contributed by atoms with Crippen LogP contribution in [0, 0.1) is 0 Å². The Hall–Kier alpha value is -2.29. The second kappa shape index (κ2) is 4.18. The Morgan fingerprint density at radius 2 is 1.83 bits per heavy atom. The third-order valence-corrected chi connectivity index (χ3v) is 3.14. The second-order valence-electron chi connectivity index (χ2n) is 4.51. The highest BCUT2D eigenvalue weighted by Gasteiger charge is 2.10. The summed E-state index contributed by atoms with van der Waals surface area (Å²) in [6.45, 7) is 0. The first-order valence-electron chi connectivity index (χ1n) is 5.96. The molecule has 3 aromatic rings. The van der Waals surface area contributed by atoms with E-state index in [1.54, 1.807) is 0 Å². The number of benzene rings is 1. The lowest BCUT2D eigenvalue weighted by Crippen LogP contribution is -2.09. The first-order valence-corrected chi connectivity index (χ1v) is 5.96. The number of nitrogens with one attached hydrogen (secondary N) is 1. The average molecular weight is 237 g/mol. The minimum atomic E-state index is 0.932. The molecule has 0 saturated carbocycles. The van der Waals surface area contributed by atoms with E-state index in [0.29, 0.717) is 0 Å². The maximum absolute atomic E-state index is 4.33. The van der Waals surface area contributed by atoms with Crippen LogP contribution >= 0.6 is 0 Å². The smallest absolute Gasteiger partial charge is 0.137 e. The molecule has 0 bridgehead atoms. The Balaban J connectivity index is 2.29. The zero-order valence-electron chi connectivity index (χ0n) is 10.5. The summed E-state index contributed by atoms with van der Waals surface area (Å²) >= 11 is 0. The Labute approximate surface area is 106 Å². The number of aromatic amines is 1. The fourth-order valence-corrected chi connectivity index (χ4v) is 2.29. The molecule has 0 aliphatic rings. The maximum atomic E-state index is 4.33. The second-order valence-corrected chi connectivity index (χ2v) is 4.51. The van der Waals surface area contributed by atoms with E-state index in [1.165, 1.54) is 16.8 Å². The number of nitrogens with zero attached hydrogens (tertiary/aromatic N) is 2. The molecule has 0 fully saturated rings. The third kappa shape index (κ3) is 1.64. The van der Waals surface area contributed by atoms with E-state index in [2.05, 4.69) is 65.4 Å². The van der Waals surface area contributed by atoms with Gasteiger partial charge in [-0.1, -0.05) is 18.2 Å². The van der Waals surface area contributed by atoms with Gasteiger partial charge in [0, 0.05) is 43.1 Å². The van der Waals surface area contributed by atoms with Crippen LogP contribution in [0.15, 0.2) is 48.8 Å². The number of hydrogen-bond donors (Lipinski definition) is 1. The Morgan fingerprint density at radius 3 is 2.67 bits per heavy atom. The molecule has 2 heterocycles. The largest absolute Gasteiger partial charge is 0.377 e. The van der Waals surface area contributed by atoms with Gasteiger partial charge in [-0.05, 0) is 23.8 Å². The quantitative estimate of drug-likeness (QED) is 0.741. The normalized spacial score (nSPS) is 10.8. The molecule has 3 heteroatoms. The molecule has 18 heavy (non-hydrogen) atoms. The molecule has 0 saturated heterocycles. The van der Waals surface area contributed by atoms with Gasteiger partial charge in [-0.15, -0.1) is 0 Å². The highest BCUT2D eigenvalue weighted by Crippen LogP contribution is 2.33. The molecular weight excluding hydrogens is 222 g/mol. The summed E-state index contributed by atoms with van der Waals surface area (Å²) in [6, 6.07) is 12.6. The van der Waals surface area contributed by atoms with E-state index in [0.717, 1.165) is 11.0 Å². The van der Waals surface area contributed by atoms with Crippen LogP contribution in [0.25, 0.3) is 22.2 Å². The Bertz CT molecular complexity index is 683. The molecule has 0 atom stereocenters. The SMILES string of the molecule is CN(C)c1ccccc1-c1ccnc2[nH]ccc12. The van der Waals surface area contributed by atoms with Crippen LogP contribution in [0.1, 0.15) is 0 Å². The number of H-pyrrole nitrogens is 1. The molecule has 1 aromatic carbocycles.